The SMILES string of the molecule is CC(=O)OCC1CCC(=O)C1. The molecule has 1 aliphatic rings. The fourth-order valence-corrected chi connectivity index (χ4v) is 1.27. The van der Waals surface area contributed by atoms with Gasteiger partial charge in [0.15, 0.2) is 0 Å². The van der Waals surface area contributed by atoms with Crippen LogP contribution in [0, 0.1) is 5.92 Å². The molecule has 62 valence electrons. The van der Waals surface area contributed by atoms with Crippen LogP contribution in [0.3, 0.4) is 0 Å². The number of carbonyl (C=O) groups is 2. The van der Waals surface area contributed by atoms with Crippen LogP contribution < -0.4 is 0 Å². The van der Waals surface area contributed by atoms with Gasteiger partial charge in [0, 0.05) is 25.7 Å². The zero-order chi connectivity index (χ0) is 8.27. The van der Waals surface area contributed by atoms with E-state index < -0.39 is 0 Å². The maximum Gasteiger partial charge on any atom is 0.302 e. The van der Waals surface area contributed by atoms with Crippen molar-refractivity contribution >= 4 is 11.8 Å². The summed E-state index contributed by atoms with van der Waals surface area (Å²) in [6.45, 7) is 1.80. The van der Waals surface area contributed by atoms with Crippen LogP contribution in [0.5, 0.6) is 0 Å². The third kappa shape index (κ3) is 2.70. The van der Waals surface area contributed by atoms with E-state index in [0.29, 0.717) is 25.2 Å². The van der Waals surface area contributed by atoms with Crippen molar-refractivity contribution in [3.63, 3.8) is 0 Å². The lowest BCUT2D eigenvalue weighted by molar-refractivity contribution is -0.142. The van der Waals surface area contributed by atoms with Crippen LogP contribution >= 0.6 is 0 Å². The van der Waals surface area contributed by atoms with Gasteiger partial charge in [-0.25, -0.2) is 0 Å². The van der Waals surface area contributed by atoms with Crippen LogP contribution in [0.4, 0.5) is 0 Å². The number of rotatable bonds is 2. The van der Waals surface area contributed by atoms with Crippen molar-refractivity contribution in [2.75, 3.05) is 6.61 Å². The molecule has 1 fully saturated rings. The minimum Gasteiger partial charge on any atom is -0.466 e. The van der Waals surface area contributed by atoms with Gasteiger partial charge in [0.25, 0.3) is 0 Å². The van der Waals surface area contributed by atoms with Crippen LogP contribution in [0.15, 0.2) is 0 Å². The van der Waals surface area contributed by atoms with Crippen molar-refractivity contribution < 1.29 is 14.3 Å². The van der Waals surface area contributed by atoms with Crippen LogP contribution in [0.2, 0.25) is 0 Å². The summed E-state index contributed by atoms with van der Waals surface area (Å²) in [5.41, 5.74) is 0. The molecule has 1 unspecified atom stereocenters. The van der Waals surface area contributed by atoms with E-state index in [4.69, 9.17) is 4.74 Å². The van der Waals surface area contributed by atoms with E-state index in [1.165, 1.54) is 6.92 Å². The Kier molecular flexibility index (Phi) is 2.63. The molecule has 0 N–H and O–H groups in total. The number of hydrogen-bond acceptors (Lipinski definition) is 3. The first kappa shape index (κ1) is 8.24. The average molecular weight is 156 g/mol. The zero-order valence-electron chi connectivity index (χ0n) is 6.63. The van der Waals surface area contributed by atoms with Gasteiger partial charge in [0.05, 0.1) is 6.61 Å². The summed E-state index contributed by atoms with van der Waals surface area (Å²) < 4.78 is 4.78. The summed E-state index contributed by atoms with van der Waals surface area (Å²) in [4.78, 5) is 21.1. The number of carbonyl (C=O) groups excluding carboxylic acids is 2. The van der Waals surface area contributed by atoms with Crippen molar-refractivity contribution in [1.29, 1.82) is 0 Å². The molecule has 0 bridgehead atoms. The maximum atomic E-state index is 10.8. The van der Waals surface area contributed by atoms with E-state index >= 15 is 0 Å². The Labute approximate surface area is 65.7 Å². The largest absolute Gasteiger partial charge is 0.466 e. The van der Waals surface area contributed by atoms with Gasteiger partial charge < -0.3 is 4.74 Å². The molecule has 1 aliphatic carbocycles. The molecule has 0 aromatic carbocycles. The lowest BCUT2D eigenvalue weighted by atomic mass is 10.1. The zero-order valence-corrected chi connectivity index (χ0v) is 6.63. The van der Waals surface area contributed by atoms with Crippen molar-refractivity contribution in [2.45, 2.75) is 26.2 Å². The predicted molar refractivity (Wildman–Crippen MR) is 39.0 cm³/mol. The molecule has 1 rings (SSSR count). The smallest absolute Gasteiger partial charge is 0.302 e. The van der Waals surface area contributed by atoms with Crippen LogP contribution in [-0.4, -0.2) is 18.4 Å². The van der Waals surface area contributed by atoms with E-state index in [2.05, 4.69) is 0 Å². The van der Waals surface area contributed by atoms with Crippen LogP contribution in [0.25, 0.3) is 0 Å². The highest BCUT2D eigenvalue weighted by atomic mass is 16.5. The van der Waals surface area contributed by atoms with Gasteiger partial charge in [0.2, 0.25) is 0 Å². The molecule has 0 aliphatic heterocycles. The first-order chi connectivity index (χ1) is 5.18. The quantitative estimate of drug-likeness (QED) is 0.558. The van der Waals surface area contributed by atoms with E-state index in [-0.39, 0.29) is 11.9 Å². The fourth-order valence-electron chi connectivity index (χ4n) is 1.27. The Morgan fingerprint density at radius 1 is 1.73 bits per heavy atom. The predicted octanol–water partition coefficient (Wildman–Crippen LogP) is 0.919. The van der Waals surface area contributed by atoms with Crippen molar-refractivity contribution in [2.24, 2.45) is 5.92 Å². The Bertz CT molecular complexity index is 174. The lowest BCUT2D eigenvalue weighted by Gasteiger charge is -2.06. The first-order valence-electron chi connectivity index (χ1n) is 3.83. The Morgan fingerprint density at radius 3 is 2.91 bits per heavy atom. The number of hydrogen-bond donors (Lipinski definition) is 0. The Hall–Kier alpha value is -0.860. The van der Waals surface area contributed by atoms with Crippen molar-refractivity contribution in [3.05, 3.63) is 0 Å². The highest BCUT2D eigenvalue weighted by molar-refractivity contribution is 5.80. The Balaban J connectivity index is 2.18. The van der Waals surface area contributed by atoms with E-state index in [9.17, 15) is 9.59 Å². The molecule has 1 saturated carbocycles. The molecule has 0 spiro atoms. The summed E-state index contributed by atoms with van der Waals surface area (Å²) in [6, 6.07) is 0. The second kappa shape index (κ2) is 3.51. The van der Waals surface area contributed by atoms with E-state index in [1.54, 1.807) is 0 Å². The molecule has 0 amide bonds. The molecule has 0 aromatic rings. The lowest BCUT2D eigenvalue weighted by Crippen LogP contribution is -2.09. The molecular formula is C8H12O3. The average Bonchev–Trinajstić information content (AvgIpc) is 2.31. The number of Topliss-reactive ketones (excluding diaryl/α,β-unsaturated/α-hetero) is 1. The summed E-state index contributed by atoms with van der Waals surface area (Å²) >= 11 is 0. The molecule has 1 atom stereocenters. The highest BCUT2D eigenvalue weighted by Crippen LogP contribution is 2.21. The first-order valence-corrected chi connectivity index (χ1v) is 3.83. The monoisotopic (exact) mass is 156 g/mol. The van der Waals surface area contributed by atoms with E-state index in [0.717, 1.165) is 6.42 Å². The molecular weight excluding hydrogens is 144 g/mol. The van der Waals surface area contributed by atoms with Gasteiger partial charge in [-0.2, -0.15) is 0 Å². The molecule has 11 heavy (non-hydrogen) atoms. The van der Waals surface area contributed by atoms with Gasteiger partial charge in [0.1, 0.15) is 5.78 Å². The van der Waals surface area contributed by atoms with Crippen molar-refractivity contribution in [1.82, 2.24) is 0 Å². The van der Waals surface area contributed by atoms with Gasteiger partial charge in [-0.1, -0.05) is 0 Å². The summed E-state index contributed by atoms with van der Waals surface area (Å²) in [6.07, 6.45) is 2.13. The van der Waals surface area contributed by atoms with Gasteiger partial charge >= 0.3 is 5.97 Å². The number of ether oxygens (including phenoxy) is 1. The molecule has 0 saturated heterocycles. The maximum absolute atomic E-state index is 10.8. The van der Waals surface area contributed by atoms with Crippen LogP contribution in [-0.2, 0) is 14.3 Å². The van der Waals surface area contributed by atoms with Gasteiger partial charge in [-0.15, -0.1) is 0 Å². The second-order valence-electron chi connectivity index (χ2n) is 2.95. The van der Waals surface area contributed by atoms with E-state index in [1.807, 2.05) is 0 Å². The molecule has 3 nitrogen and oxygen atoms in total. The summed E-state index contributed by atoms with van der Waals surface area (Å²) in [7, 11) is 0. The van der Waals surface area contributed by atoms with Gasteiger partial charge in [-0.05, 0) is 6.42 Å². The minimum atomic E-state index is -0.260. The Morgan fingerprint density at radius 2 is 2.45 bits per heavy atom. The standard InChI is InChI=1S/C8H12O3/c1-6(9)11-5-7-2-3-8(10)4-7/h7H,2-5H2,1H3. The fraction of sp³-hybridized carbons (Fsp3) is 0.750. The summed E-state index contributed by atoms with van der Waals surface area (Å²) in [5.74, 6) is 0.318. The third-order valence-electron chi connectivity index (χ3n) is 1.87. The molecule has 0 radical (unpaired) electrons. The van der Waals surface area contributed by atoms with Crippen LogP contribution in [0.1, 0.15) is 26.2 Å². The molecule has 3 heteroatoms. The molecule has 0 heterocycles. The second-order valence-corrected chi connectivity index (χ2v) is 2.95. The number of ketones is 1. The van der Waals surface area contributed by atoms with Crippen molar-refractivity contribution in [3.8, 4) is 0 Å². The summed E-state index contributed by atoms with van der Waals surface area (Å²) in [5, 5.41) is 0. The number of esters is 1. The normalized spacial score (nSPS) is 23.7. The topological polar surface area (TPSA) is 43.4 Å². The minimum absolute atomic E-state index is 0.260. The van der Waals surface area contributed by atoms with Gasteiger partial charge in [-0.3, -0.25) is 9.59 Å². The third-order valence-corrected chi connectivity index (χ3v) is 1.87. The molecule has 0 aromatic heterocycles. The highest BCUT2D eigenvalue weighted by Gasteiger charge is 2.22.